The molecule has 0 bridgehead atoms. The van der Waals surface area contributed by atoms with E-state index in [9.17, 15) is 4.79 Å². The summed E-state index contributed by atoms with van der Waals surface area (Å²) in [7, 11) is 0. The smallest absolute Gasteiger partial charge is 0.260 e. The van der Waals surface area contributed by atoms with Crippen molar-refractivity contribution < 1.29 is 9.53 Å². The van der Waals surface area contributed by atoms with Crippen molar-refractivity contribution in [3.8, 4) is 11.4 Å². The summed E-state index contributed by atoms with van der Waals surface area (Å²) in [6.07, 6.45) is 5.31. The first-order chi connectivity index (χ1) is 12.8. The minimum absolute atomic E-state index is 0.00114. The number of hydrogen-bond acceptors (Lipinski definition) is 6. The molecule has 0 unspecified atom stereocenters. The number of tetrazole rings is 1. The van der Waals surface area contributed by atoms with Crippen LogP contribution in [0.4, 0.5) is 0 Å². The fraction of sp³-hybridized carbons (Fsp3) is 0.353. The lowest BCUT2D eigenvalue weighted by molar-refractivity contribution is -0.134. The van der Waals surface area contributed by atoms with E-state index in [0.717, 1.165) is 30.8 Å². The zero-order valence-corrected chi connectivity index (χ0v) is 14.2. The Labute approximate surface area is 150 Å². The van der Waals surface area contributed by atoms with Crippen molar-refractivity contribution in [3.63, 3.8) is 0 Å². The Morgan fingerprint density at radius 3 is 2.88 bits per heavy atom. The SMILES string of the molecule is O=C(COc1ccc(-n2cnnn2)cc1)N1CCC[C@H](c2ccn[nH]2)C1. The monoisotopic (exact) mass is 353 g/mol. The molecule has 1 aromatic carbocycles. The maximum absolute atomic E-state index is 12.5. The Hall–Kier alpha value is -3.23. The molecule has 1 N–H and O–H groups in total. The normalized spacial score (nSPS) is 17.2. The number of H-pyrrole nitrogens is 1. The lowest BCUT2D eigenvalue weighted by Crippen LogP contribution is -2.41. The van der Waals surface area contributed by atoms with Gasteiger partial charge in [0, 0.05) is 30.9 Å². The molecule has 3 aromatic rings. The van der Waals surface area contributed by atoms with Crippen LogP contribution in [0.3, 0.4) is 0 Å². The molecule has 0 radical (unpaired) electrons. The number of rotatable bonds is 5. The van der Waals surface area contributed by atoms with Gasteiger partial charge in [0.2, 0.25) is 0 Å². The fourth-order valence-electron chi connectivity index (χ4n) is 3.16. The van der Waals surface area contributed by atoms with Crippen molar-refractivity contribution in [2.75, 3.05) is 19.7 Å². The standard InChI is InChI=1S/C17H19N7O2/c25-17(23-9-1-2-13(10-23)16-7-8-18-20-16)11-26-15-5-3-14(4-6-15)24-12-19-21-22-24/h3-8,12-13H,1-2,9-11H2,(H,18,20)/t13-/m0/s1. The van der Waals surface area contributed by atoms with Gasteiger partial charge in [-0.15, -0.1) is 5.10 Å². The van der Waals surface area contributed by atoms with E-state index in [0.29, 0.717) is 18.2 Å². The number of nitrogens with zero attached hydrogens (tertiary/aromatic N) is 6. The van der Waals surface area contributed by atoms with Gasteiger partial charge in [0.15, 0.2) is 6.61 Å². The van der Waals surface area contributed by atoms with E-state index in [1.54, 1.807) is 23.0 Å². The van der Waals surface area contributed by atoms with Crippen LogP contribution < -0.4 is 4.74 Å². The van der Waals surface area contributed by atoms with Gasteiger partial charge in [0.25, 0.3) is 5.91 Å². The maximum atomic E-state index is 12.5. The highest BCUT2D eigenvalue weighted by molar-refractivity contribution is 5.78. The number of benzene rings is 1. The average Bonchev–Trinajstić information content (AvgIpc) is 3.40. The van der Waals surface area contributed by atoms with Gasteiger partial charge in [-0.2, -0.15) is 5.10 Å². The topological polar surface area (TPSA) is 102 Å². The molecule has 134 valence electrons. The molecule has 0 spiro atoms. The van der Waals surface area contributed by atoms with Crippen LogP contribution in [-0.2, 0) is 4.79 Å². The van der Waals surface area contributed by atoms with Crippen molar-refractivity contribution in [1.82, 2.24) is 35.3 Å². The largest absolute Gasteiger partial charge is 0.484 e. The van der Waals surface area contributed by atoms with Crippen molar-refractivity contribution in [3.05, 3.63) is 48.5 Å². The molecule has 26 heavy (non-hydrogen) atoms. The number of amides is 1. The summed E-state index contributed by atoms with van der Waals surface area (Å²) >= 11 is 0. The number of ether oxygens (including phenoxy) is 1. The van der Waals surface area contributed by atoms with Crippen LogP contribution >= 0.6 is 0 Å². The third-order valence-corrected chi connectivity index (χ3v) is 4.55. The third-order valence-electron chi connectivity index (χ3n) is 4.55. The first-order valence-electron chi connectivity index (χ1n) is 8.53. The molecular formula is C17H19N7O2. The molecule has 3 heterocycles. The number of hydrogen-bond donors (Lipinski definition) is 1. The van der Waals surface area contributed by atoms with E-state index >= 15 is 0 Å². The number of carbonyl (C=O) groups excluding carboxylic acids is 1. The zero-order chi connectivity index (χ0) is 17.8. The lowest BCUT2D eigenvalue weighted by Gasteiger charge is -2.32. The Morgan fingerprint density at radius 1 is 1.27 bits per heavy atom. The molecule has 1 saturated heterocycles. The average molecular weight is 353 g/mol. The first-order valence-corrected chi connectivity index (χ1v) is 8.53. The summed E-state index contributed by atoms with van der Waals surface area (Å²) in [4.78, 5) is 14.4. The van der Waals surface area contributed by atoms with Crippen LogP contribution in [0.5, 0.6) is 5.75 Å². The summed E-state index contributed by atoms with van der Waals surface area (Å²) in [5.74, 6) is 0.946. The maximum Gasteiger partial charge on any atom is 0.260 e. The molecule has 9 heteroatoms. The molecule has 9 nitrogen and oxygen atoms in total. The molecule has 4 rings (SSSR count). The predicted molar refractivity (Wildman–Crippen MR) is 91.8 cm³/mol. The zero-order valence-electron chi connectivity index (χ0n) is 14.2. The highest BCUT2D eigenvalue weighted by Gasteiger charge is 2.25. The summed E-state index contributed by atoms with van der Waals surface area (Å²) in [6, 6.07) is 9.25. The van der Waals surface area contributed by atoms with Crippen LogP contribution in [0.25, 0.3) is 5.69 Å². The van der Waals surface area contributed by atoms with Crippen LogP contribution in [0.15, 0.2) is 42.9 Å². The van der Waals surface area contributed by atoms with E-state index in [1.165, 1.54) is 6.33 Å². The molecule has 0 aliphatic carbocycles. The van der Waals surface area contributed by atoms with Crippen molar-refractivity contribution in [2.45, 2.75) is 18.8 Å². The van der Waals surface area contributed by atoms with Gasteiger partial charge < -0.3 is 9.64 Å². The molecule has 2 aromatic heterocycles. The van der Waals surface area contributed by atoms with E-state index in [1.807, 2.05) is 23.1 Å². The van der Waals surface area contributed by atoms with Gasteiger partial charge in [-0.3, -0.25) is 9.89 Å². The number of nitrogens with one attached hydrogen (secondary N) is 1. The minimum atomic E-state index is -0.00114. The van der Waals surface area contributed by atoms with Gasteiger partial charge in [-0.1, -0.05) is 0 Å². The first kappa shape index (κ1) is 16.2. The molecule has 1 atom stereocenters. The summed E-state index contributed by atoms with van der Waals surface area (Å²) in [5.41, 5.74) is 1.91. The number of aromatic nitrogens is 6. The fourth-order valence-corrected chi connectivity index (χ4v) is 3.16. The number of carbonyl (C=O) groups is 1. The second kappa shape index (κ2) is 7.34. The summed E-state index contributed by atoms with van der Waals surface area (Å²) in [6.45, 7) is 1.49. The summed E-state index contributed by atoms with van der Waals surface area (Å²) < 4.78 is 7.20. The highest BCUT2D eigenvalue weighted by atomic mass is 16.5. The Morgan fingerprint density at radius 2 is 2.15 bits per heavy atom. The van der Waals surface area contributed by atoms with Gasteiger partial charge >= 0.3 is 0 Å². The van der Waals surface area contributed by atoms with Crippen molar-refractivity contribution >= 4 is 5.91 Å². The Balaban J connectivity index is 1.32. The molecule has 1 aliphatic rings. The predicted octanol–water partition coefficient (Wildman–Crippen LogP) is 1.17. The van der Waals surface area contributed by atoms with Gasteiger partial charge in [0.1, 0.15) is 12.1 Å². The Bertz CT molecular complexity index is 831. The Kier molecular flexibility index (Phi) is 4.59. The molecule has 1 aliphatic heterocycles. The lowest BCUT2D eigenvalue weighted by atomic mass is 9.95. The van der Waals surface area contributed by atoms with Crippen LogP contribution in [-0.4, -0.2) is 60.9 Å². The van der Waals surface area contributed by atoms with Crippen LogP contribution in [0.2, 0.25) is 0 Å². The number of piperidine rings is 1. The number of likely N-dealkylation sites (tertiary alicyclic amines) is 1. The highest BCUT2D eigenvalue weighted by Crippen LogP contribution is 2.25. The minimum Gasteiger partial charge on any atom is -0.484 e. The van der Waals surface area contributed by atoms with E-state index in [2.05, 4.69) is 25.7 Å². The van der Waals surface area contributed by atoms with Crippen molar-refractivity contribution in [2.24, 2.45) is 0 Å². The molecule has 1 amide bonds. The van der Waals surface area contributed by atoms with Crippen LogP contribution in [0.1, 0.15) is 24.5 Å². The van der Waals surface area contributed by atoms with E-state index < -0.39 is 0 Å². The van der Waals surface area contributed by atoms with Crippen molar-refractivity contribution in [1.29, 1.82) is 0 Å². The van der Waals surface area contributed by atoms with Gasteiger partial charge in [-0.25, -0.2) is 4.68 Å². The van der Waals surface area contributed by atoms with E-state index in [-0.39, 0.29) is 12.5 Å². The molecular weight excluding hydrogens is 334 g/mol. The quantitative estimate of drug-likeness (QED) is 0.739. The van der Waals surface area contributed by atoms with Gasteiger partial charge in [0.05, 0.1) is 5.69 Å². The third kappa shape index (κ3) is 3.56. The second-order valence-electron chi connectivity index (χ2n) is 6.23. The van der Waals surface area contributed by atoms with Crippen LogP contribution in [0, 0.1) is 0 Å². The number of aromatic amines is 1. The molecule has 1 fully saturated rings. The summed E-state index contributed by atoms with van der Waals surface area (Å²) in [5, 5.41) is 18.0. The molecule has 0 saturated carbocycles. The van der Waals surface area contributed by atoms with Gasteiger partial charge in [-0.05, 0) is 53.6 Å². The van der Waals surface area contributed by atoms with E-state index in [4.69, 9.17) is 4.74 Å². The second-order valence-corrected chi connectivity index (χ2v) is 6.23.